The zero-order chi connectivity index (χ0) is 30.6. The Balaban J connectivity index is 1.97. The van der Waals surface area contributed by atoms with Crippen LogP contribution in [0.15, 0.2) is 42.5 Å². The molecule has 0 spiro atoms. The minimum atomic E-state index is -4.85. The largest absolute Gasteiger partial charge is 0.444 e. The summed E-state index contributed by atoms with van der Waals surface area (Å²) in [7, 11) is -4.15. The maximum atomic E-state index is 14.3. The number of alkyl halides is 3. The number of nitrogens with zero attached hydrogens (tertiary/aromatic N) is 1. The molecule has 2 aromatic rings. The van der Waals surface area contributed by atoms with Crippen molar-refractivity contribution in [1.82, 2.24) is 14.9 Å². The third-order valence-electron chi connectivity index (χ3n) is 6.53. The SMILES string of the molecule is CCS(=O)(=O)N(Cc1cccc(Cl)c1)C(=O)c1ccc(C[C@H](NC(=O)OC(C)(C)C)C2CCCN2)c(C(F)(F)F)c1. The number of halogens is 4. The minimum Gasteiger partial charge on any atom is -0.444 e. The van der Waals surface area contributed by atoms with Crippen LogP contribution in [0.3, 0.4) is 0 Å². The molecule has 0 aliphatic carbocycles. The molecule has 0 bridgehead atoms. The fourth-order valence-corrected chi connectivity index (χ4v) is 5.82. The van der Waals surface area contributed by atoms with Gasteiger partial charge in [0.2, 0.25) is 10.0 Å². The predicted molar refractivity (Wildman–Crippen MR) is 150 cm³/mol. The van der Waals surface area contributed by atoms with Gasteiger partial charge in [0.15, 0.2) is 0 Å². The Kier molecular flexibility index (Phi) is 10.4. The van der Waals surface area contributed by atoms with E-state index in [1.54, 1.807) is 39.0 Å². The Bertz CT molecular complexity index is 1360. The summed E-state index contributed by atoms with van der Waals surface area (Å²) in [4.78, 5) is 25.9. The van der Waals surface area contributed by atoms with Crippen molar-refractivity contribution in [3.63, 3.8) is 0 Å². The van der Waals surface area contributed by atoms with Gasteiger partial charge in [0.25, 0.3) is 5.91 Å². The topological polar surface area (TPSA) is 105 Å². The molecule has 1 saturated heterocycles. The number of ether oxygens (including phenoxy) is 1. The van der Waals surface area contributed by atoms with Gasteiger partial charge in [-0.3, -0.25) is 4.79 Å². The number of hydrogen-bond acceptors (Lipinski definition) is 6. The number of amides is 2. The molecule has 2 aromatic carbocycles. The van der Waals surface area contributed by atoms with Crippen LogP contribution in [0.2, 0.25) is 5.02 Å². The van der Waals surface area contributed by atoms with Crippen molar-refractivity contribution < 1.29 is 35.9 Å². The zero-order valence-electron chi connectivity index (χ0n) is 23.3. The molecule has 2 amide bonds. The van der Waals surface area contributed by atoms with E-state index in [4.69, 9.17) is 16.3 Å². The lowest BCUT2D eigenvalue weighted by Gasteiger charge is -2.28. The monoisotopic (exact) mass is 617 g/mol. The van der Waals surface area contributed by atoms with Crippen LogP contribution in [0, 0.1) is 0 Å². The summed E-state index contributed by atoms with van der Waals surface area (Å²) in [6.07, 6.45) is -4.36. The maximum Gasteiger partial charge on any atom is 0.416 e. The van der Waals surface area contributed by atoms with Crippen LogP contribution in [0.25, 0.3) is 0 Å². The van der Waals surface area contributed by atoms with Gasteiger partial charge in [-0.05, 0) is 88.9 Å². The molecule has 1 aliphatic rings. The van der Waals surface area contributed by atoms with Crippen molar-refractivity contribution in [2.45, 2.75) is 77.4 Å². The Morgan fingerprint density at radius 3 is 2.44 bits per heavy atom. The summed E-state index contributed by atoms with van der Waals surface area (Å²) in [5.74, 6) is -1.53. The first-order valence-corrected chi connectivity index (χ1v) is 15.2. The molecule has 226 valence electrons. The van der Waals surface area contributed by atoms with Crippen LogP contribution in [0.4, 0.5) is 18.0 Å². The van der Waals surface area contributed by atoms with E-state index in [0.29, 0.717) is 33.9 Å². The molecule has 1 aliphatic heterocycles. The Labute approximate surface area is 243 Å². The molecule has 0 radical (unpaired) electrons. The standard InChI is InChI=1S/C28H35ClF3N3O5S/c1-5-41(38,39)35(17-18-8-6-9-21(29)14-18)25(36)20-12-11-19(22(15-20)28(30,31)32)16-24(23-10-7-13-33-23)34-26(37)40-27(2,3)4/h6,8-9,11-12,14-15,23-24,33H,5,7,10,13,16-17H2,1-4H3,(H,34,37)/t23?,24-/m0/s1. The van der Waals surface area contributed by atoms with Crippen molar-refractivity contribution >= 4 is 33.6 Å². The highest BCUT2D eigenvalue weighted by Crippen LogP contribution is 2.34. The van der Waals surface area contributed by atoms with Gasteiger partial charge < -0.3 is 15.4 Å². The number of alkyl carbamates (subject to hydrolysis) is 1. The lowest BCUT2D eigenvalue weighted by Crippen LogP contribution is -2.50. The number of hydrogen-bond donors (Lipinski definition) is 2. The van der Waals surface area contributed by atoms with Gasteiger partial charge in [-0.25, -0.2) is 17.5 Å². The lowest BCUT2D eigenvalue weighted by molar-refractivity contribution is -0.138. The van der Waals surface area contributed by atoms with E-state index in [1.807, 2.05) is 0 Å². The van der Waals surface area contributed by atoms with Crippen LogP contribution in [0.1, 0.15) is 67.6 Å². The summed E-state index contributed by atoms with van der Waals surface area (Å²) >= 11 is 6.00. The van der Waals surface area contributed by atoms with Crippen molar-refractivity contribution in [3.05, 3.63) is 69.7 Å². The van der Waals surface area contributed by atoms with E-state index < -0.39 is 63.3 Å². The number of rotatable bonds is 9. The van der Waals surface area contributed by atoms with E-state index >= 15 is 0 Å². The Hall–Kier alpha value is -2.83. The molecule has 8 nitrogen and oxygen atoms in total. The molecule has 0 aromatic heterocycles. The third kappa shape index (κ3) is 9.08. The summed E-state index contributed by atoms with van der Waals surface area (Å²) in [6.45, 7) is 6.65. The average Bonchev–Trinajstić information content (AvgIpc) is 3.40. The Morgan fingerprint density at radius 1 is 1.17 bits per heavy atom. The highest BCUT2D eigenvalue weighted by Gasteiger charge is 2.37. The highest BCUT2D eigenvalue weighted by atomic mass is 35.5. The fourth-order valence-electron chi connectivity index (χ4n) is 4.59. The van der Waals surface area contributed by atoms with E-state index in [-0.39, 0.29) is 18.0 Å². The molecule has 1 fully saturated rings. The van der Waals surface area contributed by atoms with Gasteiger partial charge in [0, 0.05) is 16.6 Å². The molecule has 0 saturated carbocycles. The number of benzene rings is 2. The summed E-state index contributed by atoms with van der Waals surface area (Å²) in [5, 5.41) is 6.23. The Morgan fingerprint density at radius 2 is 1.88 bits per heavy atom. The fraction of sp³-hybridized carbons (Fsp3) is 0.500. The van der Waals surface area contributed by atoms with Gasteiger partial charge in [-0.15, -0.1) is 0 Å². The molecule has 2 N–H and O–H groups in total. The van der Waals surface area contributed by atoms with Gasteiger partial charge in [-0.2, -0.15) is 13.2 Å². The molecular formula is C28H35ClF3N3O5S. The quantitative estimate of drug-likeness (QED) is 0.383. The van der Waals surface area contributed by atoms with Crippen LogP contribution in [-0.4, -0.2) is 54.7 Å². The highest BCUT2D eigenvalue weighted by molar-refractivity contribution is 7.89. The number of carbonyl (C=O) groups excluding carboxylic acids is 2. The van der Waals surface area contributed by atoms with E-state index in [1.165, 1.54) is 19.1 Å². The number of nitrogens with one attached hydrogen (secondary N) is 2. The first-order chi connectivity index (χ1) is 19.0. The molecular weight excluding hydrogens is 583 g/mol. The van der Waals surface area contributed by atoms with Crippen molar-refractivity contribution in [2.75, 3.05) is 12.3 Å². The van der Waals surface area contributed by atoms with Crippen molar-refractivity contribution in [2.24, 2.45) is 0 Å². The van der Waals surface area contributed by atoms with Gasteiger partial charge in [0.1, 0.15) is 5.60 Å². The lowest BCUT2D eigenvalue weighted by atomic mass is 9.93. The smallest absolute Gasteiger partial charge is 0.416 e. The third-order valence-corrected chi connectivity index (χ3v) is 8.46. The molecule has 1 unspecified atom stereocenters. The summed E-state index contributed by atoms with van der Waals surface area (Å²) < 4.78 is 74.5. The number of sulfonamides is 1. The molecule has 1 heterocycles. The van der Waals surface area contributed by atoms with E-state index in [0.717, 1.165) is 12.5 Å². The average molecular weight is 618 g/mol. The molecule has 13 heteroatoms. The first kappa shape index (κ1) is 32.7. The van der Waals surface area contributed by atoms with Gasteiger partial charge >= 0.3 is 12.3 Å². The van der Waals surface area contributed by atoms with Gasteiger partial charge in [0.05, 0.1) is 23.9 Å². The molecule has 41 heavy (non-hydrogen) atoms. The van der Waals surface area contributed by atoms with Crippen LogP contribution in [-0.2, 0) is 33.9 Å². The summed E-state index contributed by atoms with van der Waals surface area (Å²) in [6, 6.07) is 8.19. The first-order valence-electron chi connectivity index (χ1n) is 13.2. The molecule has 3 rings (SSSR count). The number of carbonyl (C=O) groups is 2. The zero-order valence-corrected chi connectivity index (χ0v) is 24.9. The van der Waals surface area contributed by atoms with Crippen LogP contribution < -0.4 is 10.6 Å². The summed E-state index contributed by atoms with van der Waals surface area (Å²) in [5.41, 5.74) is -2.07. The second kappa shape index (κ2) is 13.0. The van der Waals surface area contributed by atoms with Crippen molar-refractivity contribution in [1.29, 1.82) is 0 Å². The second-order valence-corrected chi connectivity index (χ2v) is 13.5. The van der Waals surface area contributed by atoms with Crippen molar-refractivity contribution in [3.8, 4) is 0 Å². The van der Waals surface area contributed by atoms with E-state index in [9.17, 15) is 31.2 Å². The second-order valence-electron chi connectivity index (χ2n) is 10.9. The van der Waals surface area contributed by atoms with Crippen LogP contribution in [0.5, 0.6) is 0 Å². The van der Waals surface area contributed by atoms with Gasteiger partial charge in [-0.1, -0.05) is 29.8 Å². The minimum absolute atomic E-state index is 0.149. The maximum absolute atomic E-state index is 14.3. The van der Waals surface area contributed by atoms with E-state index in [2.05, 4.69) is 10.6 Å². The van der Waals surface area contributed by atoms with Crippen LogP contribution >= 0.6 is 11.6 Å². The molecule has 2 atom stereocenters. The normalized spacial score (nSPS) is 16.7. The predicted octanol–water partition coefficient (Wildman–Crippen LogP) is 5.54.